The molecule has 0 aliphatic rings. The van der Waals surface area contributed by atoms with Gasteiger partial charge in [0.1, 0.15) is 0 Å². The molecular formula is C18H17N5O2S. The van der Waals surface area contributed by atoms with Crippen LogP contribution in [-0.2, 0) is 9.73 Å². The molecule has 0 saturated carbocycles. The molecule has 3 aromatic rings. The molecule has 7 nitrogen and oxygen atoms in total. The van der Waals surface area contributed by atoms with Crippen molar-refractivity contribution < 1.29 is 9.00 Å². The Hall–Kier alpha value is -3.26. The molecule has 1 amide bonds. The molecule has 26 heavy (non-hydrogen) atoms. The van der Waals surface area contributed by atoms with E-state index in [1.54, 1.807) is 30.5 Å². The highest BCUT2D eigenvalue weighted by molar-refractivity contribution is 7.91. The van der Waals surface area contributed by atoms with Crippen LogP contribution in [0.15, 0.2) is 65.7 Å². The highest BCUT2D eigenvalue weighted by Crippen LogP contribution is 2.26. The lowest BCUT2D eigenvalue weighted by atomic mass is 10.1. The molecule has 1 aromatic heterocycles. The maximum Gasteiger partial charge on any atom is 0.255 e. The number of carbonyl (C=O) groups excluding carboxylic acids is 1. The molecule has 2 aromatic carbocycles. The van der Waals surface area contributed by atoms with Gasteiger partial charge in [-0.05, 0) is 48.5 Å². The minimum Gasteiger partial charge on any atom is -0.397 e. The number of nitrogens with one attached hydrogen (secondary N) is 2. The van der Waals surface area contributed by atoms with E-state index in [9.17, 15) is 9.00 Å². The van der Waals surface area contributed by atoms with E-state index in [0.717, 1.165) is 5.56 Å². The second-order valence-electron chi connectivity index (χ2n) is 5.73. The van der Waals surface area contributed by atoms with Crippen LogP contribution in [-0.4, -0.2) is 26.6 Å². The molecule has 1 heterocycles. The Bertz CT molecular complexity index is 1050. The highest BCUT2D eigenvalue weighted by atomic mass is 32.2. The first-order valence-corrected chi connectivity index (χ1v) is 9.64. The predicted octanol–water partition coefficient (Wildman–Crippen LogP) is 3.01. The Labute approximate surface area is 151 Å². The van der Waals surface area contributed by atoms with Crippen LogP contribution >= 0.6 is 0 Å². The molecule has 8 heteroatoms. The van der Waals surface area contributed by atoms with Gasteiger partial charge >= 0.3 is 0 Å². The van der Waals surface area contributed by atoms with Crippen molar-refractivity contribution in [3.63, 3.8) is 0 Å². The summed E-state index contributed by atoms with van der Waals surface area (Å²) in [6.45, 7) is 0. The third-order valence-electron chi connectivity index (χ3n) is 3.74. The van der Waals surface area contributed by atoms with Gasteiger partial charge in [0.05, 0.1) is 26.8 Å². The molecule has 4 N–H and O–H groups in total. The van der Waals surface area contributed by atoms with Crippen LogP contribution in [0.4, 0.5) is 11.4 Å². The molecule has 0 radical (unpaired) electrons. The average molecular weight is 367 g/mol. The molecule has 0 spiro atoms. The number of anilines is 2. The first-order chi connectivity index (χ1) is 12.3. The molecule has 3 rings (SSSR count). The van der Waals surface area contributed by atoms with Crippen LogP contribution in [0.25, 0.3) is 11.3 Å². The summed E-state index contributed by atoms with van der Waals surface area (Å²) in [5.74, 6) is -0.355. The van der Waals surface area contributed by atoms with Crippen LogP contribution in [0.1, 0.15) is 10.4 Å². The third kappa shape index (κ3) is 3.86. The number of benzene rings is 2. The van der Waals surface area contributed by atoms with E-state index in [0.29, 0.717) is 27.5 Å². The summed E-state index contributed by atoms with van der Waals surface area (Å²) in [6.07, 6.45) is 2.92. The van der Waals surface area contributed by atoms with E-state index >= 15 is 0 Å². The second-order valence-corrected chi connectivity index (χ2v) is 7.89. The summed E-state index contributed by atoms with van der Waals surface area (Å²) >= 11 is 0. The normalized spacial score (nSPS) is 13.0. The average Bonchev–Trinajstić information content (AvgIpc) is 2.63. The van der Waals surface area contributed by atoms with E-state index in [1.807, 2.05) is 6.07 Å². The zero-order valence-electron chi connectivity index (χ0n) is 14.0. The number of hydrogen-bond acceptors (Lipinski definition) is 6. The van der Waals surface area contributed by atoms with Gasteiger partial charge in [-0.2, -0.15) is 10.2 Å². The van der Waals surface area contributed by atoms with Crippen LogP contribution in [0.3, 0.4) is 0 Å². The van der Waals surface area contributed by atoms with E-state index in [-0.39, 0.29) is 5.91 Å². The molecule has 0 aliphatic carbocycles. The van der Waals surface area contributed by atoms with Crippen LogP contribution in [0.2, 0.25) is 0 Å². The zero-order chi connectivity index (χ0) is 18.7. The quantitative estimate of drug-likeness (QED) is 0.612. The van der Waals surface area contributed by atoms with Crippen molar-refractivity contribution in [2.24, 2.45) is 0 Å². The second kappa shape index (κ2) is 6.93. The fraction of sp³-hybridized carbons (Fsp3) is 0.0556. The van der Waals surface area contributed by atoms with Crippen molar-refractivity contribution in [1.29, 1.82) is 4.78 Å². The van der Waals surface area contributed by atoms with E-state index in [1.165, 1.54) is 30.5 Å². The maximum absolute atomic E-state index is 12.5. The molecule has 0 saturated heterocycles. The van der Waals surface area contributed by atoms with Crippen LogP contribution < -0.4 is 11.1 Å². The minimum atomic E-state index is -2.81. The number of aromatic nitrogens is 2. The summed E-state index contributed by atoms with van der Waals surface area (Å²) in [6, 6.07) is 14.9. The predicted molar refractivity (Wildman–Crippen MR) is 101 cm³/mol. The first-order valence-electron chi connectivity index (χ1n) is 7.67. The van der Waals surface area contributed by atoms with E-state index in [4.69, 9.17) is 10.5 Å². The van der Waals surface area contributed by atoms with Gasteiger partial charge in [-0.3, -0.25) is 4.79 Å². The molecular weight excluding hydrogens is 350 g/mol. The van der Waals surface area contributed by atoms with Gasteiger partial charge in [-0.25, -0.2) is 8.99 Å². The SMILES string of the molecule is CS(=N)(=O)c1ccc(C(=O)Nc2cc(-c3cccnn3)ccc2N)cc1. The Morgan fingerprint density at radius 1 is 1.15 bits per heavy atom. The van der Waals surface area contributed by atoms with E-state index in [2.05, 4.69) is 15.5 Å². The standard InChI is InChI=1S/C18H17N5O2S/c1-26(20,25)14-7-4-12(5-8-14)18(24)22-17-11-13(6-9-15(17)19)16-3-2-10-21-23-16/h2-11,20H,19H2,1H3,(H,22,24). The summed E-state index contributed by atoms with van der Waals surface area (Å²) < 4.78 is 19.3. The molecule has 0 bridgehead atoms. The Morgan fingerprint density at radius 3 is 2.50 bits per heavy atom. The fourth-order valence-corrected chi connectivity index (χ4v) is 3.00. The van der Waals surface area contributed by atoms with Crippen molar-refractivity contribution in [3.05, 3.63) is 66.4 Å². The maximum atomic E-state index is 12.5. The Morgan fingerprint density at radius 2 is 1.88 bits per heavy atom. The number of amides is 1. The van der Waals surface area contributed by atoms with Crippen LogP contribution in [0.5, 0.6) is 0 Å². The van der Waals surface area contributed by atoms with Gasteiger partial charge in [0.15, 0.2) is 0 Å². The monoisotopic (exact) mass is 367 g/mol. The third-order valence-corrected chi connectivity index (χ3v) is 4.91. The number of nitrogens with two attached hydrogens (primary N) is 1. The van der Waals surface area contributed by atoms with Crippen LogP contribution in [0, 0.1) is 4.78 Å². The topological polar surface area (TPSA) is 122 Å². The number of nitrogen functional groups attached to an aromatic ring is 1. The number of nitrogens with zero attached hydrogens (tertiary/aromatic N) is 2. The molecule has 1 atom stereocenters. The summed E-state index contributed by atoms with van der Waals surface area (Å²) in [4.78, 5) is 12.8. The van der Waals surface area contributed by atoms with Crippen molar-refractivity contribution >= 4 is 27.0 Å². The number of hydrogen-bond donors (Lipinski definition) is 3. The first kappa shape index (κ1) is 17.6. The van der Waals surface area contributed by atoms with Gasteiger partial charge in [-0.1, -0.05) is 6.07 Å². The molecule has 0 fully saturated rings. The van der Waals surface area contributed by atoms with Crippen molar-refractivity contribution in [1.82, 2.24) is 10.2 Å². The molecule has 0 aliphatic heterocycles. The fourth-order valence-electron chi connectivity index (χ4n) is 2.34. The molecule has 132 valence electrons. The lowest BCUT2D eigenvalue weighted by molar-refractivity contribution is 0.102. The smallest absolute Gasteiger partial charge is 0.255 e. The number of carbonyl (C=O) groups is 1. The lowest BCUT2D eigenvalue weighted by Crippen LogP contribution is -2.13. The molecule has 1 unspecified atom stereocenters. The van der Waals surface area contributed by atoms with Crippen molar-refractivity contribution in [2.45, 2.75) is 4.90 Å². The summed E-state index contributed by atoms with van der Waals surface area (Å²) in [5.41, 5.74) is 8.66. The lowest BCUT2D eigenvalue weighted by Gasteiger charge is -2.11. The summed E-state index contributed by atoms with van der Waals surface area (Å²) in [5, 5.41) is 10.6. The minimum absolute atomic E-state index is 0.355. The largest absolute Gasteiger partial charge is 0.397 e. The van der Waals surface area contributed by atoms with Gasteiger partial charge in [0.25, 0.3) is 5.91 Å². The number of rotatable bonds is 4. The van der Waals surface area contributed by atoms with Gasteiger partial charge < -0.3 is 11.1 Å². The van der Waals surface area contributed by atoms with Gasteiger partial charge in [0.2, 0.25) is 0 Å². The van der Waals surface area contributed by atoms with Gasteiger partial charge in [-0.15, -0.1) is 0 Å². The Kier molecular flexibility index (Phi) is 4.68. The van der Waals surface area contributed by atoms with Gasteiger partial charge in [0, 0.05) is 28.5 Å². The Balaban J connectivity index is 1.85. The van der Waals surface area contributed by atoms with Crippen molar-refractivity contribution in [3.8, 4) is 11.3 Å². The van der Waals surface area contributed by atoms with E-state index < -0.39 is 9.73 Å². The highest BCUT2D eigenvalue weighted by Gasteiger charge is 2.11. The van der Waals surface area contributed by atoms with Crippen molar-refractivity contribution in [2.75, 3.05) is 17.3 Å². The summed E-state index contributed by atoms with van der Waals surface area (Å²) in [7, 11) is -2.81. The zero-order valence-corrected chi connectivity index (χ0v) is 14.8.